The van der Waals surface area contributed by atoms with Crippen LogP contribution in [0.5, 0.6) is 0 Å². The normalized spacial score (nSPS) is 26.8. The van der Waals surface area contributed by atoms with E-state index in [9.17, 15) is 4.79 Å². The summed E-state index contributed by atoms with van der Waals surface area (Å²) in [7, 11) is 0. The standard InChI is InChI=1S/C13H20N4O.ClH/c1-13(3-4-14-8-13)9-17-5-2-11-10(7-17)6-12(18)16-15-11;/h6,14H,2-5,7-9H2,1H3,(H,16,18);1H. The van der Waals surface area contributed by atoms with Crippen LogP contribution in [0.3, 0.4) is 0 Å². The Hall–Kier alpha value is -0.910. The van der Waals surface area contributed by atoms with Gasteiger partial charge in [-0.15, -0.1) is 12.4 Å². The molecule has 0 radical (unpaired) electrons. The number of hydrogen-bond acceptors (Lipinski definition) is 4. The van der Waals surface area contributed by atoms with E-state index in [1.54, 1.807) is 6.07 Å². The molecule has 3 heterocycles. The molecule has 0 saturated carbocycles. The van der Waals surface area contributed by atoms with Gasteiger partial charge in [0.25, 0.3) is 5.56 Å². The maximum atomic E-state index is 11.3. The van der Waals surface area contributed by atoms with Crippen molar-refractivity contribution in [3.63, 3.8) is 0 Å². The van der Waals surface area contributed by atoms with E-state index in [1.165, 1.54) is 6.42 Å². The molecule has 19 heavy (non-hydrogen) atoms. The minimum atomic E-state index is -0.0932. The van der Waals surface area contributed by atoms with Gasteiger partial charge in [-0.1, -0.05) is 6.92 Å². The molecular weight excluding hydrogens is 264 g/mol. The van der Waals surface area contributed by atoms with Gasteiger partial charge in [-0.2, -0.15) is 5.10 Å². The highest BCUT2D eigenvalue weighted by molar-refractivity contribution is 5.85. The van der Waals surface area contributed by atoms with E-state index in [-0.39, 0.29) is 18.0 Å². The first-order valence-electron chi connectivity index (χ1n) is 6.65. The zero-order valence-corrected chi connectivity index (χ0v) is 12.1. The average Bonchev–Trinajstić information content (AvgIpc) is 2.75. The van der Waals surface area contributed by atoms with Crippen molar-refractivity contribution in [1.29, 1.82) is 0 Å². The summed E-state index contributed by atoms with van der Waals surface area (Å²) < 4.78 is 0. The molecule has 0 spiro atoms. The van der Waals surface area contributed by atoms with E-state index in [1.807, 2.05) is 0 Å². The van der Waals surface area contributed by atoms with Crippen LogP contribution in [0.1, 0.15) is 24.6 Å². The van der Waals surface area contributed by atoms with Gasteiger partial charge in [-0.25, -0.2) is 5.10 Å². The molecule has 1 unspecified atom stereocenters. The molecule has 106 valence electrons. The van der Waals surface area contributed by atoms with Crippen LogP contribution in [0.25, 0.3) is 0 Å². The molecule has 1 saturated heterocycles. The zero-order chi connectivity index (χ0) is 12.6. The summed E-state index contributed by atoms with van der Waals surface area (Å²) in [6.07, 6.45) is 2.18. The van der Waals surface area contributed by atoms with Gasteiger partial charge in [-0.05, 0) is 23.9 Å². The summed E-state index contributed by atoms with van der Waals surface area (Å²) in [6.45, 7) is 7.58. The molecule has 1 aromatic rings. The zero-order valence-electron chi connectivity index (χ0n) is 11.2. The summed E-state index contributed by atoms with van der Waals surface area (Å²) in [4.78, 5) is 13.8. The second-order valence-electron chi connectivity index (χ2n) is 5.90. The molecule has 3 rings (SSSR count). The number of rotatable bonds is 2. The molecule has 2 N–H and O–H groups in total. The quantitative estimate of drug-likeness (QED) is 0.833. The van der Waals surface area contributed by atoms with Crippen LogP contribution in [0.15, 0.2) is 10.9 Å². The van der Waals surface area contributed by atoms with Crippen LogP contribution in [-0.2, 0) is 13.0 Å². The second-order valence-corrected chi connectivity index (χ2v) is 5.90. The maximum Gasteiger partial charge on any atom is 0.264 e. The fraction of sp³-hybridized carbons (Fsp3) is 0.692. The number of aromatic amines is 1. The molecule has 0 aliphatic carbocycles. The molecule has 1 aromatic heterocycles. The smallest absolute Gasteiger partial charge is 0.264 e. The summed E-state index contributed by atoms with van der Waals surface area (Å²) >= 11 is 0. The van der Waals surface area contributed by atoms with Crippen molar-refractivity contribution in [2.24, 2.45) is 5.41 Å². The molecule has 1 fully saturated rings. The number of nitrogens with one attached hydrogen (secondary N) is 2. The molecule has 6 heteroatoms. The van der Waals surface area contributed by atoms with Gasteiger partial charge in [0, 0.05) is 38.7 Å². The monoisotopic (exact) mass is 284 g/mol. The average molecular weight is 285 g/mol. The van der Waals surface area contributed by atoms with Gasteiger partial charge in [0.15, 0.2) is 0 Å². The van der Waals surface area contributed by atoms with E-state index < -0.39 is 0 Å². The Morgan fingerprint density at radius 3 is 3.11 bits per heavy atom. The third-order valence-electron chi connectivity index (χ3n) is 4.10. The van der Waals surface area contributed by atoms with Crippen molar-refractivity contribution in [1.82, 2.24) is 20.4 Å². The number of nitrogens with zero attached hydrogens (tertiary/aromatic N) is 2. The summed E-state index contributed by atoms with van der Waals surface area (Å²) in [5.74, 6) is 0. The lowest BCUT2D eigenvalue weighted by molar-refractivity contribution is 0.163. The van der Waals surface area contributed by atoms with Gasteiger partial charge in [-0.3, -0.25) is 9.69 Å². The van der Waals surface area contributed by atoms with Crippen molar-refractivity contribution >= 4 is 12.4 Å². The summed E-state index contributed by atoms with van der Waals surface area (Å²) in [5, 5.41) is 10.1. The summed E-state index contributed by atoms with van der Waals surface area (Å²) in [5.41, 5.74) is 2.44. The number of hydrogen-bond donors (Lipinski definition) is 2. The molecule has 0 amide bonds. The Morgan fingerprint density at radius 2 is 2.37 bits per heavy atom. The van der Waals surface area contributed by atoms with Gasteiger partial charge in [0.2, 0.25) is 0 Å². The molecule has 2 aliphatic heterocycles. The Morgan fingerprint density at radius 1 is 1.53 bits per heavy atom. The van der Waals surface area contributed by atoms with Gasteiger partial charge in [0.1, 0.15) is 0 Å². The Balaban J connectivity index is 0.00000133. The largest absolute Gasteiger partial charge is 0.316 e. The Bertz CT molecular complexity index is 496. The van der Waals surface area contributed by atoms with Crippen molar-refractivity contribution in [3.8, 4) is 0 Å². The van der Waals surface area contributed by atoms with Crippen LogP contribution in [0, 0.1) is 5.41 Å². The van der Waals surface area contributed by atoms with E-state index in [2.05, 4.69) is 27.3 Å². The van der Waals surface area contributed by atoms with Gasteiger partial charge in [0.05, 0.1) is 5.69 Å². The molecule has 2 aliphatic rings. The van der Waals surface area contributed by atoms with E-state index in [0.29, 0.717) is 5.41 Å². The minimum Gasteiger partial charge on any atom is -0.316 e. The Kier molecular flexibility index (Phi) is 4.28. The van der Waals surface area contributed by atoms with Gasteiger partial charge < -0.3 is 5.32 Å². The lowest BCUT2D eigenvalue weighted by Crippen LogP contribution is -2.41. The van der Waals surface area contributed by atoms with Crippen molar-refractivity contribution in [2.75, 3.05) is 26.2 Å². The number of halogens is 1. The summed E-state index contributed by atoms with van der Waals surface area (Å²) in [6, 6.07) is 1.70. The van der Waals surface area contributed by atoms with Crippen LogP contribution in [0.4, 0.5) is 0 Å². The van der Waals surface area contributed by atoms with Crippen molar-refractivity contribution < 1.29 is 0 Å². The van der Waals surface area contributed by atoms with Crippen molar-refractivity contribution in [2.45, 2.75) is 26.3 Å². The first kappa shape index (κ1) is 14.5. The maximum absolute atomic E-state index is 11.3. The van der Waals surface area contributed by atoms with Crippen LogP contribution in [-0.4, -0.2) is 41.3 Å². The predicted molar refractivity (Wildman–Crippen MR) is 76.7 cm³/mol. The SMILES string of the molecule is CC1(CN2CCc3n[nH]c(=O)cc3C2)CCNC1.Cl. The minimum absolute atomic E-state index is 0. The first-order chi connectivity index (χ1) is 8.65. The third kappa shape index (κ3) is 3.16. The van der Waals surface area contributed by atoms with E-state index >= 15 is 0 Å². The number of H-pyrrole nitrogens is 1. The molecule has 1 atom stereocenters. The predicted octanol–water partition coefficient (Wildman–Crippen LogP) is 0.549. The van der Waals surface area contributed by atoms with Crippen LogP contribution >= 0.6 is 12.4 Å². The Labute approximate surface area is 119 Å². The first-order valence-corrected chi connectivity index (χ1v) is 6.65. The highest BCUT2D eigenvalue weighted by atomic mass is 35.5. The van der Waals surface area contributed by atoms with E-state index in [0.717, 1.165) is 50.4 Å². The van der Waals surface area contributed by atoms with Crippen molar-refractivity contribution in [3.05, 3.63) is 27.7 Å². The highest BCUT2D eigenvalue weighted by Crippen LogP contribution is 2.27. The van der Waals surface area contributed by atoms with Crippen LogP contribution < -0.4 is 10.9 Å². The third-order valence-corrected chi connectivity index (χ3v) is 4.10. The topological polar surface area (TPSA) is 61.0 Å². The number of fused-ring (bicyclic) bond motifs is 1. The molecular formula is C13H21ClN4O. The molecule has 0 bridgehead atoms. The second kappa shape index (κ2) is 5.61. The van der Waals surface area contributed by atoms with Crippen LogP contribution in [0.2, 0.25) is 0 Å². The molecule has 5 nitrogen and oxygen atoms in total. The molecule has 0 aromatic carbocycles. The highest BCUT2D eigenvalue weighted by Gasteiger charge is 2.31. The van der Waals surface area contributed by atoms with Gasteiger partial charge >= 0.3 is 0 Å². The fourth-order valence-electron chi connectivity index (χ4n) is 3.08. The fourth-order valence-corrected chi connectivity index (χ4v) is 3.08. The lowest BCUT2D eigenvalue weighted by Gasteiger charge is -2.34. The van der Waals surface area contributed by atoms with E-state index in [4.69, 9.17) is 0 Å². The number of aromatic nitrogens is 2. The lowest BCUT2D eigenvalue weighted by atomic mass is 9.88.